The van der Waals surface area contributed by atoms with Crippen LogP contribution in [0.1, 0.15) is 23.4 Å². The average Bonchev–Trinajstić information content (AvgIpc) is 3.21. The molecular weight excluding hydrogens is 395 g/mol. The van der Waals surface area contributed by atoms with Crippen molar-refractivity contribution in [2.45, 2.75) is 32.6 Å². The quantitative estimate of drug-likeness (QED) is 0.663. The summed E-state index contributed by atoms with van der Waals surface area (Å²) in [5, 5.41) is 11.0. The number of halogens is 4. The van der Waals surface area contributed by atoms with Gasteiger partial charge in [-0.3, -0.25) is 14.2 Å². The Balaban J connectivity index is 1.55. The molecule has 3 aromatic rings. The third-order valence-electron chi connectivity index (χ3n) is 4.02. The van der Waals surface area contributed by atoms with Gasteiger partial charge in [-0.15, -0.1) is 0 Å². The molecule has 0 aliphatic rings. The van der Waals surface area contributed by atoms with Crippen molar-refractivity contribution < 1.29 is 18.0 Å². The van der Waals surface area contributed by atoms with E-state index in [0.29, 0.717) is 23.1 Å². The first-order chi connectivity index (χ1) is 13.2. The van der Waals surface area contributed by atoms with Gasteiger partial charge in [-0.2, -0.15) is 23.4 Å². The molecule has 0 aliphatic heterocycles. The third kappa shape index (κ3) is 4.92. The smallest absolute Gasteiger partial charge is 0.309 e. The van der Waals surface area contributed by atoms with Crippen molar-refractivity contribution in [3.05, 3.63) is 64.6 Å². The molecule has 148 valence electrons. The highest BCUT2D eigenvalue weighted by Gasteiger charge is 2.34. The van der Waals surface area contributed by atoms with Crippen LogP contribution in [-0.4, -0.2) is 25.5 Å². The molecule has 2 heterocycles. The Kier molecular flexibility index (Phi) is 5.73. The van der Waals surface area contributed by atoms with Gasteiger partial charge in [0, 0.05) is 35.9 Å². The molecule has 1 N–H and O–H groups in total. The predicted octanol–water partition coefficient (Wildman–Crippen LogP) is 4.14. The number of amides is 1. The van der Waals surface area contributed by atoms with Crippen LogP contribution in [0.2, 0.25) is 5.02 Å². The molecule has 28 heavy (non-hydrogen) atoms. The van der Waals surface area contributed by atoms with E-state index >= 15 is 0 Å². The molecule has 6 nitrogen and oxygen atoms in total. The summed E-state index contributed by atoms with van der Waals surface area (Å²) in [5.41, 5.74) is 0.257. The minimum absolute atomic E-state index is 0.0306. The van der Waals surface area contributed by atoms with Crippen molar-refractivity contribution in [2.24, 2.45) is 0 Å². The first-order valence-corrected chi connectivity index (χ1v) is 8.78. The topological polar surface area (TPSA) is 64.7 Å². The van der Waals surface area contributed by atoms with E-state index in [9.17, 15) is 18.0 Å². The van der Waals surface area contributed by atoms with E-state index in [4.69, 9.17) is 11.6 Å². The van der Waals surface area contributed by atoms with E-state index in [1.807, 2.05) is 18.2 Å². The van der Waals surface area contributed by atoms with Crippen molar-refractivity contribution in [3.8, 4) is 0 Å². The van der Waals surface area contributed by atoms with E-state index in [0.717, 1.165) is 11.6 Å². The number of benzene rings is 1. The Morgan fingerprint density at radius 2 is 1.96 bits per heavy atom. The van der Waals surface area contributed by atoms with Gasteiger partial charge in [0.1, 0.15) is 0 Å². The zero-order valence-corrected chi connectivity index (χ0v) is 15.6. The number of carbonyl (C=O) groups excluding carboxylic acids is 1. The molecule has 2 aromatic heterocycles. The zero-order valence-electron chi connectivity index (χ0n) is 14.9. The number of carbonyl (C=O) groups is 1. The summed E-state index contributed by atoms with van der Waals surface area (Å²) in [4.78, 5) is 12.1. The largest absolute Gasteiger partial charge is 0.435 e. The van der Waals surface area contributed by atoms with Gasteiger partial charge in [0.15, 0.2) is 11.5 Å². The van der Waals surface area contributed by atoms with Gasteiger partial charge in [0.2, 0.25) is 5.91 Å². The van der Waals surface area contributed by atoms with Crippen molar-refractivity contribution in [3.63, 3.8) is 0 Å². The van der Waals surface area contributed by atoms with Gasteiger partial charge in [0.05, 0.1) is 6.54 Å². The van der Waals surface area contributed by atoms with Crippen molar-refractivity contribution in [1.29, 1.82) is 0 Å². The molecule has 1 amide bonds. The maximum absolute atomic E-state index is 12.7. The van der Waals surface area contributed by atoms with Crippen LogP contribution in [0.25, 0.3) is 0 Å². The zero-order chi connectivity index (χ0) is 20.3. The fourth-order valence-electron chi connectivity index (χ4n) is 2.61. The lowest BCUT2D eigenvalue weighted by atomic mass is 10.2. The molecule has 0 unspecified atom stereocenters. The Hall–Kier alpha value is -2.81. The van der Waals surface area contributed by atoms with Crippen LogP contribution in [0, 0.1) is 6.92 Å². The molecule has 0 saturated carbocycles. The number of nitrogens with zero attached hydrogens (tertiary/aromatic N) is 4. The van der Waals surface area contributed by atoms with Crippen LogP contribution in [0.15, 0.2) is 42.6 Å². The highest BCUT2D eigenvalue weighted by molar-refractivity contribution is 6.31. The van der Waals surface area contributed by atoms with Crippen molar-refractivity contribution >= 4 is 23.3 Å². The number of rotatable bonds is 6. The number of hydrogen-bond acceptors (Lipinski definition) is 3. The number of aromatic nitrogens is 4. The van der Waals surface area contributed by atoms with Gasteiger partial charge in [-0.1, -0.05) is 29.8 Å². The molecule has 0 atom stereocenters. The monoisotopic (exact) mass is 411 g/mol. The second-order valence-electron chi connectivity index (χ2n) is 6.18. The van der Waals surface area contributed by atoms with Crippen LogP contribution < -0.4 is 5.32 Å². The summed E-state index contributed by atoms with van der Waals surface area (Å²) in [5.74, 6) is -0.0170. The standard InChI is InChI=1S/C18H17ClF3N5O/c1-12-10-15(18(20,21)22)24-27(12)9-7-17(28)23-16-6-8-26(25-16)11-13-4-2-3-5-14(13)19/h2-6,8,10H,7,9,11H2,1H3,(H,23,25,28). The molecule has 0 bridgehead atoms. The lowest BCUT2D eigenvalue weighted by molar-refractivity contribution is -0.141. The van der Waals surface area contributed by atoms with E-state index in [1.165, 1.54) is 11.6 Å². The van der Waals surface area contributed by atoms with E-state index < -0.39 is 11.9 Å². The Morgan fingerprint density at radius 3 is 2.64 bits per heavy atom. The Morgan fingerprint density at radius 1 is 1.21 bits per heavy atom. The summed E-state index contributed by atoms with van der Waals surface area (Å²) >= 11 is 6.12. The molecule has 0 aliphatic carbocycles. The molecule has 1 aromatic carbocycles. The molecule has 3 rings (SSSR count). The molecular formula is C18H17ClF3N5O. The summed E-state index contributed by atoms with van der Waals surface area (Å²) < 4.78 is 40.8. The number of aryl methyl sites for hydroxylation is 2. The minimum Gasteiger partial charge on any atom is -0.309 e. The van der Waals surface area contributed by atoms with Gasteiger partial charge in [-0.25, -0.2) is 0 Å². The fourth-order valence-corrected chi connectivity index (χ4v) is 2.80. The lowest BCUT2D eigenvalue weighted by Crippen LogP contribution is -2.16. The fraction of sp³-hybridized carbons (Fsp3) is 0.278. The van der Waals surface area contributed by atoms with Crippen molar-refractivity contribution in [2.75, 3.05) is 5.32 Å². The van der Waals surface area contributed by atoms with E-state index in [1.54, 1.807) is 23.0 Å². The molecule has 0 fully saturated rings. The molecule has 10 heteroatoms. The third-order valence-corrected chi connectivity index (χ3v) is 4.39. The number of hydrogen-bond donors (Lipinski definition) is 1. The second-order valence-corrected chi connectivity index (χ2v) is 6.59. The van der Waals surface area contributed by atoms with Crippen LogP contribution in [0.5, 0.6) is 0 Å². The summed E-state index contributed by atoms with van der Waals surface area (Å²) in [6, 6.07) is 9.95. The normalized spacial score (nSPS) is 11.6. The highest BCUT2D eigenvalue weighted by atomic mass is 35.5. The molecule has 0 saturated heterocycles. The molecule has 0 radical (unpaired) electrons. The Bertz CT molecular complexity index is 980. The number of nitrogens with one attached hydrogen (secondary N) is 1. The van der Waals surface area contributed by atoms with Gasteiger partial charge in [0.25, 0.3) is 0 Å². The Labute approximate surface area is 163 Å². The minimum atomic E-state index is -4.51. The number of anilines is 1. The van der Waals surface area contributed by atoms with Crippen LogP contribution in [-0.2, 0) is 24.1 Å². The second kappa shape index (κ2) is 8.05. The summed E-state index contributed by atoms with van der Waals surface area (Å²) in [6.45, 7) is 1.99. The summed E-state index contributed by atoms with van der Waals surface area (Å²) in [6.07, 6.45) is -2.84. The maximum Gasteiger partial charge on any atom is 0.435 e. The lowest BCUT2D eigenvalue weighted by Gasteiger charge is -2.06. The van der Waals surface area contributed by atoms with Crippen LogP contribution in [0.4, 0.5) is 19.0 Å². The maximum atomic E-state index is 12.7. The van der Waals surface area contributed by atoms with Gasteiger partial charge < -0.3 is 5.32 Å². The average molecular weight is 412 g/mol. The van der Waals surface area contributed by atoms with Crippen LogP contribution >= 0.6 is 11.6 Å². The predicted molar refractivity (Wildman–Crippen MR) is 98.0 cm³/mol. The SMILES string of the molecule is Cc1cc(C(F)(F)F)nn1CCC(=O)Nc1ccn(Cc2ccccc2Cl)n1. The number of alkyl halides is 3. The highest BCUT2D eigenvalue weighted by Crippen LogP contribution is 2.28. The van der Waals surface area contributed by atoms with Crippen molar-refractivity contribution in [1.82, 2.24) is 19.6 Å². The van der Waals surface area contributed by atoms with E-state index in [2.05, 4.69) is 15.5 Å². The first-order valence-electron chi connectivity index (χ1n) is 8.41. The van der Waals surface area contributed by atoms with E-state index in [-0.39, 0.29) is 18.9 Å². The summed E-state index contributed by atoms with van der Waals surface area (Å²) in [7, 11) is 0. The first kappa shape index (κ1) is 19.9. The molecule has 0 spiro atoms. The van der Waals surface area contributed by atoms with Gasteiger partial charge in [-0.05, 0) is 24.6 Å². The van der Waals surface area contributed by atoms with Crippen LogP contribution in [0.3, 0.4) is 0 Å². The van der Waals surface area contributed by atoms with Gasteiger partial charge >= 0.3 is 6.18 Å².